The lowest BCUT2D eigenvalue weighted by molar-refractivity contribution is -0.259. The molecule has 2 saturated carbocycles. The number of carbonyl (C=O) groups is 5. The summed E-state index contributed by atoms with van der Waals surface area (Å²) in [5.41, 5.74) is -1.65. The third-order valence-corrected chi connectivity index (χ3v) is 9.95. The van der Waals surface area contributed by atoms with Crippen molar-refractivity contribution in [2.75, 3.05) is 19.8 Å². The first kappa shape index (κ1) is 31.7. The topological polar surface area (TPSA) is 144 Å². The van der Waals surface area contributed by atoms with Gasteiger partial charge in [-0.15, -0.1) is 0 Å². The molecule has 11 nitrogen and oxygen atoms in total. The Balaban J connectivity index is 1.88. The number of fused-ring (bicyclic) bond motifs is 2. The molecular weight excluding hydrogens is 548 g/mol. The molecule has 0 bridgehead atoms. The van der Waals surface area contributed by atoms with E-state index in [9.17, 15) is 24.0 Å². The lowest BCUT2D eigenvalue weighted by atomic mass is 9.42. The van der Waals surface area contributed by atoms with Gasteiger partial charge in [0.1, 0.15) is 37.1 Å². The van der Waals surface area contributed by atoms with Crippen LogP contribution in [0.4, 0.5) is 0 Å². The van der Waals surface area contributed by atoms with Crippen molar-refractivity contribution in [2.24, 2.45) is 22.7 Å². The normalized spacial score (nSPS) is 36.2. The molecule has 2 aliphatic carbocycles. The van der Waals surface area contributed by atoms with Crippen molar-refractivity contribution in [2.45, 2.75) is 98.1 Å². The molecule has 0 aromatic carbocycles. The van der Waals surface area contributed by atoms with Gasteiger partial charge in [0.05, 0.1) is 12.0 Å². The van der Waals surface area contributed by atoms with Gasteiger partial charge in [-0.2, -0.15) is 0 Å². The molecule has 0 radical (unpaired) electrons. The summed E-state index contributed by atoms with van der Waals surface area (Å²) >= 11 is 0. The predicted molar refractivity (Wildman–Crippen MR) is 146 cm³/mol. The van der Waals surface area contributed by atoms with E-state index in [2.05, 4.69) is 0 Å². The zero-order chi connectivity index (χ0) is 31.0. The van der Waals surface area contributed by atoms with E-state index in [1.807, 2.05) is 13.8 Å². The quantitative estimate of drug-likeness (QED) is 0.169. The molecule has 0 amide bonds. The second kappa shape index (κ2) is 11.8. The summed E-state index contributed by atoms with van der Waals surface area (Å²) in [6, 6.07) is 0. The maximum absolute atomic E-state index is 13.0. The monoisotopic (exact) mass is 590 g/mol. The van der Waals surface area contributed by atoms with E-state index in [0.29, 0.717) is 37.0 Å². The van der Waals surface area contributed by atoms with Crippen LogP contribution in [0.3, 0.4) is 0 Å². The lowest BCUT2D eigenvalue weighted by Gasteiger charge is -2.64. The van der Waals surface area contributed by atoms with Crippen LogP contribution in [0.25, 0.3) is 0 Å². The highest BCUT2D eigenvalue weighted by molar-refractivity contribution is 5.88. The molecule has 1 saturated heterocycles. The summed E-state index contributed by atoms with van der Waals surface area (Å²) in [6.45, 7) is 11.7. The number of allylic oxidation sites excluding steroid dienone is 1. The standard InChI is InChI=1S/C31H42O11/c1-8-17(2)28(36)42-24(22-12-26(35)37-14-22)13-29(7)18(3)11-25(41-21(6)34)31(16-38-19(4)32)27(29)23(40-20(5)33)9-10-30(31)15-39-30/h8,12,18,23-25,27H,9-11,13-16H2,1-7H3/t18-,23-,24+,25+,27-,29+,30+,31-/m1/s1. The Labute approximate surface area is 246 Å². The summed E-state index contributed by atoms with van der Waals surface area (Å²) < 4.78 is 35.1. The maximum atomic E-state index is 13.0. The molecule has 0 aromatic heterocycles. The van der Waals surface area contributed by atoms with Crippen LogP contribution >= 0.6 is 0 Å². The highest BCUT2D eigenvalue weighted by Gasteiger charge is 2.77. The second-order valence-corrected chi connectivity index (χ2v) is 12.4. The first-order valence-corrected chi connectivity index (χ1v) is 14.5. The minimum absolute atomic E-state index is 0.0180. The van der Waals surface area contributed by atoms with Gasteiger partial charge in [-0.05, 0) is 50.9 Å². The van der Waals surface area contributed by atoms with E-state index in [-0.39, 0.29) is 25.6 Å². The molecule has 0 N–H and O–H groups in total. The number of ether oxygens (including phenoxy) is 6. The molecule has 0 aromatic rings. The number of hydrogen-bond donors (Lipinski definition) is 0. The van der Waals surface area contributed by atoms with Gasteiger partial charge in [0.15, 0.2) is 0 Å². The van der Waals surface area contributed by atoms with E-state index < -0.39 is 70.5 Å². The lowest BCUT2D eigenvalue weighted by Crippen LogP contribution is -2.71. The van der Waals surface area contributed by atoms with E-state index in [4.69, 9.17) is 28.4 Å². The van der Waals surface area contributed by atoms with Crippen LogP contribution in [0.2, 0.25) is 0 Å². The third kappa shape index (κ3) is 5.72. The van der Waals surface area contributed by atoms with E-state index in [1.54, 1.807) is 19.9 Å². The molecule has 4 rings (SSSR count). The van der Waals surface area contributed by atoms with Crippen LogP contribution < -0.4 is 0 Å². The Bertz CT molecular complexity index is 1200. The summed E-state index contributed by atoms with van der Waals surface area (Å²) in [7, 11) is 0. The molecule has 4 aliphatic rings. The van der Waals surface area contributed by atoms with Gasteiger partial charge in [-0.25, -0.2) is 9.59 Å². The third-order valence-electron chi connectivity index (χ3n) is 9.95. The molecule has 1 spiro atoms. The van der Waals surface area contributed by atoms with Crippen molar-refractivity contribution < 1.29 is 52.4 Å². The minimum Gasteiger partial charge on any atom is -0.465 e. The molecule has 2 heterocycles. The van der Waals surface area contributed by atoms with Crippen molar-refractivity contribution >= 4 is 29.8 Å². The van der Waals surface area contributed by atoms with Crippen molar-refractivity contribution in [1.82, 2.24) is 0 Å². The molecule has 0 unspecified atom stereocenters. The fourth-order valence-electron chi connectivity index (χ4n) is 7.62. The zero-order valence-corrected chi connectivity index (χ0v) is 25.5. The molecule has 2 aliphatic heterocycles. The number of hydrogen-bond acceptors (Lipinski definition) is 11. The number of esters is 5. The summed E-state index contributed by atoms with van der Waals surface area (Å²) in [5, 5.41) is 0. The van der Waals surface area contributed by atoms with Crippen LogP contribution in [0, 0.1) is 22.7 Å². The highest BCUT2D eigenvalue weighted by Crippen LogP contribution is 2.69. The molecular formula is C31H42O11. The Hall–Kier alpha value is -3.21. The van der Waals surface area contributed by atoms with Crippen LogP contribution in [-0.4, -0.2) is 73.6 Å². The van der Waals surface area contributed by atoms with Crippen LogP contribution in [0.1, 0.15) is 74.1 Å². The van der Waals surface area contributed by atoms with Gasteiger partial charge in [-0.3, -0.25) is 14.4 Å². The molecule has 8 atom stereocenters. The second-order valence-electron chi connectivity index (χ2n) is 12.4. The van der Waals surface area contributed by atoms with Gasteiger partial charge < -0.3 is 28.4 Å². The predicted octanol–water partition coefficient (Wildman–Crippen LogP) is 3.38. The van der Waals surface area contributed by atoms with Gasteiger partial charge in [0.25, 0.3) is 0 Å². The van der Waals surface area contributed by atoms with Crippen molar-refractivity contribution in [3.05, 3.63) is 23.3 Å². The van der Waals surface area contributed by atoms with Gasteiger partial charge in [0.2, 0.25) is 0 Å². The molecule has 42 heavy (non-hydrogen) atoms. The average molecular weight is 591 g/mol. The first-order valence-electron chi connectivity index (χ1n) is 14.5. The van der Waals surface area contributed by atoms with Crippen molar-refractivity contribution in [3.8, 4) is 0 Å². The molecule has 232 valence electrons. The Morgan fingerprint density at radius 1 is 1.10 bits per heavy atom. The Morgan fingerprint density at radius 2 is 1.76 bits per heavy atom. The fourth-order valence-corrected chi connectivity index (χ4v) is 7.62. The van der Waals surface area contributed by atoms with E-state index in [0.717, 1.165) is 0 Å². The van der Waals surface area contributed by atoms with E-state index >= 15 is 0 Å². The van der Waals surface area contributed by atoms with Crippen LogP contribution in [0.15, 0.2) is 23.3 Å². The summed E-state index contributed by atoms with van der Waals surface area (Å²) in [4.78, 5) is 62.2. The van der Waals surface area contributed by atoms with E-state index in [1.165, 1.54) is 26.8 Å². The zero-order valence-electron chi connectivity index (χ0n) is 25.5. The first-order chi connectivity index (χ1) is 19.7. The maximum Gasteiger partial charge on any atom is 0.333 e. The van der Waals surface area contributed by atoms with Crippen molar-refractivity contribution in [1.29, 1.82) is 0 Å². The fraction of sp³-hybridized carbons (Fsp3) is 0.710. The Kier molecular flexibility index (Phi) is 8.92. The number of carbonyl (C=O) groups excluding carboxylic acids is 5. The number of rotatable bonds is 9. The number of epoxide rings is 1. The molecule has 3 fully saturated rings. The Morgan fingerprint density at radius 3 is 2.29 bits per heavy atom. The average Bonchev–Trinajstić information content (AvgIpc) is 3.56. The molecule has 11 heteroatoms. The summed E-state index contributed by atoms with van der Waals surface area (Å²) in [6.07, 6.45) is 2.46. The van der Waals surface area contributed by atoms with Crippen LogP contribution in [-0.2, 0) is 52.4 Å². The van der Waals surface area contributed by atoms with Crippen molar-refractivity contribution in [3.63, 3.8) is 0 Å². The van der Waals surface area contributed by atoms with Gasteiger partial charge in [-0.1, -0.05) is 19.9 Å². The minimum atomic E-state index is -1.06. The smallest absolute Gasteiger partial charge is 0.333 e. The van der Waals surface area contributed by atoms with Gasteiger partial charge >= 0.3 is 29.8 Å². The van der Waals surface area contributed by atoms with Crippen LogP contribution in [0.5, 0.6) is 0 Å². The SMILES string of the molecule is CC=C(C)C(=O)O[C@@H](C[C@@]1(C)[C@H](C)C[C@H](OC(C)=O)[C@]2(COC(C)=O)[C@@H]1[C@H](OC(C)=O)CC[C@]21CO1)C1=CC(=O)OC1. The van der Waals surface area contributed by atoms with Gasteiger partial charge in [0, 0.05) is 43.9 Å². The summed E-state index contributed by atoms with van der Waals surface area (Å²) in [5.74, 6) is -3.20. The highest BCUT2D eigenvalue weighted by atomic mass is 16.6. The number of cyclic esters (lactones) is 1. The largest absolute Gasteiger partial charge is 0.465 e.